The molecule has 1 heterocycles. The Kier molecular flexibility index (Phi) is 6.75. The van der Waals surface area contributed by atoms with E-state index in [1.54, 1.807) is 40.7 Å². The summed E-state index contributed by atoms with van der Waals surface area (Å²) in [5, 5.41) is 2.76. The molecule has 0 atom stereocenters. The van der Waals surface area contributed by atoms with E-state index in [-0.39, 0.29) is 5.91 Å². The molecule has 5 nitrogen and oxygen atoms in total. The highest BCUT2D eigenvalue weighted by atomic mass is 32.2. The number of carbonyl (C=O) groups excluding carboxylic acids is 1. The third-order valence-electron chi connectivity index (χ3n) is 3.89. The molecule has 0 aliphatic carbocycles. The first-order valence-corrected chi connectivity index (χ1v) is 9.64. The van der Waals surface area contributed by atoms with Crippen molar-refractivity contribution in [1.82, 2.24) is 9.62 Å². The minimum absolute atomic E-state index is 0.182. The number of hydrogen-bond acceptors (Lipinski definition) is 3. The van der Waals surface area contributed by atoms with E-state index in [1.165, 1.54) is 6.08 Å². The lowest BCUT2D eigenvalue weighted by Gasteiger charge is -2.25. The van der Waals surface area contributed by atoms with Crippen LogP contribution < -0.4 is 5.32 Å². The predicted octanol–water partition coefficient (Wildman–Crippen LogP) is 2.61. The predicted molar refractivity (Wildman–Crippen MR) is 94.9 cm³/mol. The molecule has 2 rings (SSSR count). The van der Waals surface area contributed by atoms with Gasteiger partial charge in [0.2, 0.25) is 15.9 Å². The molecule has 0 bridgehead atoms. The highest BCUT2D eigenvalue weighted by molar-refractivity contribution is 7.89. The van der Waals surface area contributed by atoms with E-state index in [4.69, 9.17) is 0 Å². The van der Waals surface area contributed by atoms with Crippen LogP contribution >= 0.6 is 0 Å². The van der Waals surface area contributed by atoms with Crippen LogP contribution in [0.15, 0.2) is 53.5 Å². The Labute approximate surface area is 144 Å². The first kappa shape index (κ1) is 18.4. The molecule has 1 N–H and O–H groups in total. The molecule has 1 aliphatic heterocycles. The fraction of sp³-hybridized carbons (Fsp3) is 0.389. The first-order valence-electron chi connectivity index (χ1n) is 8.20. The molecule has 1 aromatic carbocycles. The molecule has 0 saturated carbocycles. The van der Waals surface area contributed by atoms with E-state index in [9.17, 15) is 13.2 Å². The number of benzene rings is 1. The maximum absolute atomic E-state index is 12.6. The van der Waals surface area contributed by atoms with Gasteiger partial charge in [0.1, 0.15) is 0 Å². The molecule has 6 heteroatoms. The lowest BCUT2D eigenvalue weighted by molar-refractivity contribution is -0.116. The molecule has 1 aliphatic rings. The van der Waals surface area contributed by atoms with Gasteiger partial charge in [-0.05, 0) is 37.5 Å². The molecule has 0 unspecified atom stereocenters. The molecule has 24 heavy (non-hydrogen) atoms. The van der Waals surface area contributed by atoms with Gasteiger partial charge < -0.3 is 5.32 Å². The first-order chi connectivity index (χ1) is 11.5. The summed E-state index contributed by atoms with van der Waals surface area (Å²) in [4.78, 5) is 11.9. The summed E-state index contributed by atoms with van der Waals surface area (Å²) in [6, 6.07) is 6.71. The molecular formula is C18H24N2O3S. The number of hydrogen-bond donors (Lipinski definition) is 1. The van der Waals surface area contributed by atoms with Crippen LogP contribution in [-0.2, 0) is 21.4 Å². The van der Waals surface area contributed by atoms with Crippen molar-refractivity contribution in [3.8, 4) is 0 Å². The van der Waals surface area contributed by atoms with Crippen molar-refractivity contribution in [3.05, 3.63) is 54.1 Å². The van der Waals surface area contributed by atoms with Gasteiger partial charge in [-0.1, -0.05) is 36.8 Å². The average molecular weight is 348 g/mol. The van der Waals surface area contributed by atoms with Crippen LogP contribution in [-0.4, -0.2) is 31.7 Å². The maximum atomic E-state index is 12.6. The zero-order valence-electron chi connectivity index (χ0n) is 13.9. The lowest BCUT2D eigenvalue weighted by Crippen LogP contribution is -2.35. The smallest absolute Gasteiger partial charge is 0.244 e. The van der Waals surface area contributed by atoms with E-state index in [0.717, 1.165) is 24.8 Å². The van der Waals surface area contributed by atoms with Crippen molar-refractivity contribution in [2.24, 2.45) is 0 Å². The Morgan fingerprint density at radius 1 is 1.12 bits per heavy atom. The molecule has 130 valence electrons. The van der Waals surface area contributed by atoms with Crippen molar-refractivity contribution in [2.45, 2.75) is 37.6 Å². The monoisotopic (exact) mass is 348 g/mol. The molecular weight excluding hydrogens is 324 g/mol. The Bertz CT molecular complexity index is 700. The van der Waals surface area contributed by atoms with E-state index in [0.29, 0.717) is 24.5 Å². The number of carbonyl (C=O) groups is 1. The van der Waals surface area contributed by atoms with Crippen LogP contribution in [0.5, 0.6) is 0 Å². The van der Waals surface area contributed by atoms with Gasteiger partial charge in [0.25, 0.3) is 0 Å². The molecule has 0 radical (unpaired) electrons. The summed E-state index contributed by atoms with van der Waals surface area (Å²) >= 11 is 0. The summed E-state index contributed by atoms with van der Waals surface area (Å²) in [6.07, 6.45) is 9.67. The number of sulfonamides is 1. The van der Waals surface area contributed by atoms with E-state index in [1.807, 2.05) is 13.0 Å². The molecule has 1 aromatic rings. The van der Waals surface area contributed by atoms with E-state index >= 15 is 0 Å². The van der Waals surface area contributed by atoms with Crippen molar-refractivity contribution < 1.29 is 13.2 Å². The zero-order valence-corrected chi connectivity index (χ0v) is 14.8. The minimum atomic E-state index is -3.40. The number of rotatable bonds is 6. The van der Waals surface area contributed by atoms with Crippen LogP contribution in [0.3, 0.4) is 0 Å². The molecule has 1 amide bonds. The highest BCUT2D eigenvalue weighted by Gasteiger charge is 2.25. The van der Waals surface area contributed by atoms with Crippen LogP contribution in [0.4, 0.5) is 0 Å². The van der Waals surface area contributed by atoms with Crippen LogP contribution in [0.1, 0.15) is 31.7 Å². The van der Waals surface area contributed by atoms with Gasteiger partial charge in [-0.2, -0.15) is 4.31 Å². The fourth-order valence-corrected chi connectivity index (χ4v) is 4.05. The highest BCUT2D eigenvalue weighted by Crippen LogP contribution is 2.20. The quantitative estimate of drug-likeness (QED) is 0.635. The van der Waals surface area contributed by atoms with Gasteiger partial charge in [-0.25, -0.2) is 8.42 Å². The minimum Gasteiger partial charge on any atom is -0.348 e. The van der Waals surface area contributed by atoms with Crippen LogP contribution in [0, 0.1) is 0 Å². The van der Waals surface area contributed by atoms with Crippen molar-refractivity contribution >= 4 is 15.9 Å². The second kappa shape index (κ2) is 8.80. The topological polar surface area (TPSA) is 66.5 Å². The van der Waals surface area contributed by atoms with E-state index < -0.39 is 10.0 Å². The van der Waals surface area contributed by atoms with Gasteiger partial charge in [-0.15, -0.1) is 0 Å². The summed E-state index contributed by atoms with van der Waals surface area (Å²) in [6.45, 7) is 3.43. The van der Waals surface area contributed by atoms with Gasteiger partial charge in [0.15, 0.2) is 0 Å². The number of allylic oxidation sites excluding steroid dienone is 3. The normalized spacial score (nSPS) is 16.7. The summed E-state index contributed by atoms with van der Waals surface area (Å²) in [5.41, 5.74) is 0.861. The zero-order chi connectivity index (χ0) is 17.4. The van der Waals surface area contributed by atoms with Crippen LogP contribution in [0.25, 0.3) is 0 Å². The fourth-order valence-electron chi connectivity index (χ4n) is 2.54. The second-order valence-electron chi connectivity index (χ2n) is 5.71. The third kappa shape index (κ3) is 5.04. The number of nitrogens with zero attached hydrogens (tertiary/aromatic N) is 1. The van der Waals surface area contributed by atoms with Crippen molar-refractivity contribution in [3.63, 3.8) is 0 Å². The van der Waals surface area contributed by atoms with Gasteiger partial charge in [0, 0.05) is 25.7 Å². The van der Waals surface area contributed by atoms with Gasteiger partial charge >= 0.3 is 0 Å². The number of amides is 1. The Balaban J connectivity index is 1.96. The molecule has 1 fully saturated rings. The third-order valence-corrected chi connectivity index (χ3v) is 5.81. The Morgan fingerprint density at radius 2 is 1.79 bits per heavy atom. The van der Waals surface area contributed by atoms with Crippen molar-refractivity contribution in [1.29, 1.82) is 0 Å². The standard InChI is InChI=1S/C18H24N2O3S/c1-2-3-5-8-18(21)19-15-16-9-11-17(12-10-16)24(22,23)20-13-6-4-7-14-20/h2-3,5,8-12H,4,6-7,13-15H2,1H3,(H,19,21)/b3-2+,8-5+. The van der Waals surface area contributed by atoms with Crippen molar-refractivity contribution in [2.75, 3.05) is 13.1 Å². The molecule has 1 saturated heterocycles. The molecule has 0 aromatic heterocycles. The maximum Gasteiger partial charge on any atom is 0.244 e. The van der Waals surface area contributed by atoms with Gasteiger partial charge in [-0.3, -0.25) is 4.79 Å². The number of piperidine rings is 1. The van der Waals surface area contributed by atoms with E-state index in [2.05, 4.69) is 5.32 Å². The molecule has 0 spiro atoms. The summed E-state index contributed by atoms with van der Waals surface area (Å²) in [7, 11) is -3.40. The van der Waals surface area contributed by atoms with Crippen LogP contribution in [0.2, 0.25) is 0 Å². The SMILES string of the molecule is C/C=C/C=C/C(=O)NCc1ccc(S(=O)(=O)N2CCCCC2)cc1. The average Bonchev–Trinajstić information content (AvgIpc) is 2.61. The second-order valence-corrected chi connectivity index (χ2v) is 7.65. The summed E-state index contributed by atoms with van der Waals surface area (Å²) in [5.74, 6) is -0.182. The number of nitrogens with one attached hydrogen (secondary N) is 1. The Hall–Kier alpha value is -1.92. The lowest BCUT2D eigenvalue weighted by atomic mass is 10.2. The van der Waals surface area contributed by atoms with Gasteiger partial charge in [0.05, 0.1) is 4.90 Å². The summed E-state index contributed by atoms with van der Waals surface area (Å²) < 4.78 is 26.7. The largest absolute Gasteiger partial charge is 0.348 e. The Morgan fingerprint density at radius 3 is 2.42 bits per heavy atom.